The van der Waals surface area contributed by atoms with Crippen molar-refractivity contribution in [2.75, 3.05) is 12.7 Å². The Bertz CT molecular complexity index is 126. The average Bonchev–Trinajstić information content (AvgIpc) is 1.62. The van der Waals surface area contributed by atoms with Gasteiger partial charge in [-0.1, -0.05) is 0 Å². The largest absolute Gasteiger partial charge is 1.00 e. The van der Waals surface area contributed by atoms with E-state index in [1.807, 2.05) is 0 Å². The number of hydrogen-bond donors (Lipinski definition) is 4. The first-order valence-corrected chi connectivity index (χ1v) is 4.27. The highest BCUT2D eigenvalue weighted by atomic mass is 35.5. The van der Waals surface area contributed by atoms with Crippen LogP contribution < -0.4 is 18.1 Å². The molecule has 0 aromatic rings. The molecule has 1 unspecified atom stereocenters. The highest BCUT2D eigenvalue weighted by molar-refractivity contribution is 7.51. The number of rotatable bonds is 3. The lowest BCUT2D eigenvalue weighted by Crippen LogP contribution is -3.00. The molecule has 0 aromatic carbocycles. The van der Waals surface area contributed by atoms with Crippen LogP contribution in [0.1, 0.15) is 0 Å². The van der Waals surface area contributed by atoms with E-state index in [0.29, 0.717) is 0 Å². The van der Waals surface area contributed by atoms with Gasteiger partial charge in [0, 0.05) is 0 Å². The second-order valence-electron chi connectivity index (χ2n) is 1.79. The molecule has 0 aliphatic rings. The van der Waals surface area contributed by atoms with E-state index in [4.69, 9.17) is 14.9 Å². The molecule has 0 fully saturated rings. The van der Waals surface area contributed by atoms with Crippen molar-refractivity contribution in [3.05, 3.63) is 0 Å². The van der Waals surface area contributed by atoms with Gasteiger partial charge in [-0.25, -0.2) is 0 Å². The van der Waals surface area contributed by atoms with Crippen LogP contribution in [0.5, 0.6) is 0 Å². The van der Waals surface area contributed by atoms with Crippen molar-refractivity contribution in [1.82, 2.24) is 0 Å². The minimum absolute atomic E-state index is 0. The summed E-state index contributed by atoms with van der Waals surface area (Å²) in [5.74, 6) is 0. The third-order valence-electron chi connectivity index (χ3n) is 0.782. The van der Waals surface area contributed by atoms with Crippen LogP contribution in [-0.4, -0.2) is 33.7 Å². The van der Waals surface area contributed by atoms with Crippen molar-refractivity contribution in [1.29, 1.82) is 0 Å². The molecule has 64 valence electrons. The highest BCUT2D eigenvalue weighted by Gasteiger charge is 2.18. The lowest BCUT2D eigenvalue weighted by molar-refractivity contribution is -0.382. The van der Waals surface area contributed by atoms with Crippen LogP contribution in [0.2, 0.25) is 0 Å². The predicted octanol–water partition coefficient (Wildman–Crippen LogP) is -5.23. The molecule has 0 bridgehead atoms. The van der Waals surface area contributed by atoms with Crippen LogP contribution in [0.3, 0.4) is 0 Å². The summed E-state index contributed by atoms with van der Waals surface area (Å²) in [5.41, 5.74) is 3.28. The smallest absolute Gasteiger partial charge is 0.328 e. The number of quaternary nitrogens is 1. The summed E-state index contributed by atoms with van der Waals surface area (Å²) in [4.78, 5) is 16.5. The maximum atomic E-state index is 10.1. The Labute approximate surface area is 64.8 Å². The Morgan fingerprint density at radius 1 is 1.50 bits per heavy atom. The van der Waals surface area contributed by atoms with Crippen molar-refractivity contribution in [2.45, 2.75) is 6.10 Å². The summed E-state index contributed by atoms with van der Waals surface area (Å²) in [6.07, 6.45) is -1.47. The number of aliphatic hydroxyl groups excluding tert-OH is 1. The fourth-order valence-corrected chi connectivity index (χ4v) is 1.10. The molecule has 0 aromatic heterocycles. The maximum absolute atomic E-state index is 10.1. The summed E-state index contributed by atoms with van der Waals surface area (Å²) in [6.45, 7) is 0.130. The monoisotopic (exact) mass is 191 g/mol. The zero-order valence-corrected chi connectivity index (χ0v) is 6.92. The predicted molar refractivity (Wildman–Crippen MR) is 30.7 cm³/mol. The fraction of sp³-hybridized carbons (Fsp3) is 1.00. The molecule has 0 heterocycles. The quantitative estimate of drug-likeness (QED) is 0.335. The second kappa shape index (κ2) is 5.07. The van der Waals surface area contributed by atoms with Gasteiger partial charge >= 0.3 is 7.60 Å². The number of aliphatic hydroxyl groups is 1. The van der Waals surface area contributed by atoms with E-state index in [2.05, 4.69) is 5.73 Å². The Kier molecular flexibility index (Phi) is 6.58. The topological polar surface area (TPSA) is 105 Å². The first kappa shape index (κ1) is 13.0. The maximum Gasteiger partial charge on any atom is 0.328 e. The third kappa shape index (κ3) is 8.36. The highest BCUT2D eigenvalue weighted by Crippen LogP contribution is 2.34. The van der Waals surface area contributed by atoms with Crippen LogP contribution >= 0.6 is 7.60 Å². The van der Waals surface area contributed by atoms with Crippen molar-refractivity contribution >= 4 is 7.60 Å². The van der Waals surface area contributed by atoms with Crippen molar-refractivity contribution in [3.63, 3.8) is 0 Å². The van der Waals surface area contributed by atoms with E-state index >= 15 is 0 Å². The van der Waals surface area contributed by atoms with E-state index in [1.165, 1.54) is 0 Å². The first-order valence-electron chi connectivity index (χ1n) is 2.47. The van der Waals surface area contributed by atoms with Crippen LogP contribution in [0, 0.1) is 0 Å². The molecule has 6 N–H and O–H groups in total. The van der Waals surface area contributed by atoms with E-state index in [0.717, 1.165) is 0 Å². The molecular formula is C3H11ClNO4P. The Hall–Kier alpha value is 0.360. The molecule has 0 saturated heterocycles. The lowest BCUT2D eigenvalue weighted by atomic mass is 10.4. The molecule has 0 saturated carbocycles. The van der Waals surface area contributed by atoms with Crippen LogP contribution in [0.4, 0.5) is 0 Å². The molecule has 0 spiro atoms. The van der Waals surface area contributed by atoms with Crippen molar-refractivity contribution in [3.8, 4) is 0 Å². The Morgan fingerprint density at radius 2 is 1.90 bits per heavy atom. The SMILES string of the molecule is [Cl-].[NH3+]CC(O)CP(=O)(O)O. The Morgan fingerprint density at radius 3 is 2.00 bits per heavy atom. The van der Waals surface area contributed by atoms with Crippen molar-refractivity contribution in [2.24, 2.45) is 0 Å². The molecule has 7 heteroatoms. The summed E-state index contributed by atoms with van der Waals surface area (Å²) in [5, 5.41) is 8.64. The van der Waals surface area contributed by atoms with Crippen LogP contribution in [0.15, 0.2) is 0 Å². The molecule has 0 aliphatic carbocycles. The van der Waals surface area contributed by atoms with Gasteiger partial charge in [0.2, 0.25) is 0 Å². The first-order chi connectivity index (χ1) is 3.95. The van der Waals surface area contributed by atoms with Crippen LogP contribution in [-0.2, 0) is 4.57 Å². The van der Waals surface area contributed by atoms with E-state index in [9.17, 15) is 4.57 Å². The minimum Gasteiger partial charge on any atom is -1.00 e. The second-order valence-corrected chi connectivity index (χ2v) is 3.48. The van der Waals surface area contributed by atoms with Gasteiger partial charge in [0.1, 0.15) is 12.6 Å². The van der Waals surface area contributed by atoms with Gasteiger partial charge in [-0.15, -0.1) is 0 Å². The molecule has 0 amide bonds. The molecular weight excluding hydrogens is 180 g/mol. The van der Waals surface area contributed by atoms with E-state index < -0.39 is 19.9 Å². The Balaban J connectivity index is 0. The van der Waals surface area contributed by atoms with Gasteiger partial charge in [-0.3, -0.25) is 4.57 Å². The summed E-state index contributed by atoms with van der Waals surface area (Å²) in [6, 6.07) is 0. The van der Waals surface area contributed by atoms with Gasteiger partial charge in [0.15, 0.2) is 0 Å². The molecule has 5 nitrogen and oxygen atoms in total. The zero-order valence-electron chi connectivity index (χ0n) is 5.27. The van der Waals surface area contributed by atoms with Gasteiger partial charge in [0.05, 0.1) is 6.16 Å². The minimum atomic E-state index is -4.03. The molecule has 10 heavy (non-hydrogen) atoms. The summed E-state index contributed by atoms with van der Waals surface area (Å²) < 4.78 is 10.1. The fourth-order valence-electron chi connectivity index (χ4n) is 0.366. The molecule has 0 aliphatic heterocycles. The van der Waals surface area contributed by atoms with Gasteiger partial charge in [-0.2, -0.15) is 0 Å². The van der Waals surface area contributed by atoms with Crippen LogP contribution in [0.25, 0.3) is 0 Å². The summed E-state index contributed by atoms with van der Waals surface area (Å²) in [7, 11) is -4.03. The molecule has 0 rings (SSSR count). The molecule has 1 atom stereocenters. The normalized spacial score (nSPS) is 14.0. The van der Waals surface area contributed by atoms with Crippen molar-refractivity contribution < 1.29 is 37.6 Å². The third-order valence-corrected chi connectivity index (χ3v) is 1.68. The van der Waals surface area contributed by atoms with Gasteiger partial charge in [-0.05, 0) is 0 Å². The number of hydrogen-bond acceptors (Lipinski definition) is 2. The summed E-state index contributed by atoms with van der Waals surface area (Å²) >= 11 is 0. The number of halogens is 1. The average molecular weight is 192 g/mol. The van der Waals surface area contributed by atoms with E-state index in [-0.39, 0.29) is 19.0 Å². The van der Waals surface area contributed by atoms with Gasteiger partial charge < -0.3 is 33.0 Å². The zero-order chi connectivity index (χ0) is 7.49. The molecule has 0 radical (unpaired) electrons. The van der Waals surface area contributed by atoms with Gasteiger partial charge in [0.25, 0.3) is 0 Å². The lowest BCUT2D eigenvalue weighted by Gasteiger charge is -2.05. The van der Waals surface area contributed by atoms with E-state index in [1.54, 1.807) is 0 Å². The standard InChI is InChI=1S/C3H10NO4P.ClH/c4-1-3(5)2-9(6,7)8;/h3,5H,1-2,4H2,(H2,6,7,8);1H.